The monoisotopic (exact) mass is 464 g/mol. The van der Waals surface area contributed by atoms with Crippen molar-refractivity contribution in [1.29, 1.82) is 0 Å². The lowest BCUT2D eigenvalue weighted by Crippen LogP contribution is -2.27. The summed E-state index contributed by atoms with van der Waals surface area (Å²) in [5, 5.41) is 4.79. The molecule has 0 radical (unpaired) electrons. The second-order valence-electron chi connectivity index (χ2n) is 6.52. The Balaban J connectivity index is 1.69. The normalized spacial score (nSPS) is 11.0. The van der Waals surface area contributed by atoms with Crippen molar-refractivity contribution in [2.24, 2.45) is 0 Å². The molecule has 0 atom stereocenters. The zero-order valence-corrected chi connectivity index (χ0v) is 17.0. The highest BCUT2D eigenvalue weighted by Gasteiger charge is 2.31. The number of anilines is 4. The molecular formula is C21H16F4N4O2S. The standard InChI is InChI=1S/C21H16F4N4O2S/c22-16-4-2-1-3-15(16)19(30)27-13-6-8-14(9-7-13)29(32)20(31)28-18-11-12(21(23,24)25)5-10-17(18)26/h1-11,32H,26H2,(H,27,30)(H,28,31). The van der Waals surface area contributed by atoms with Crippen LogP contribution in [0.15, 0.2) is 66.7 Å². The summed E-state index contributed by atoms with van der Waals surface area (Å²) in [6.45, 7) is 0. The Kier molecular flexibility index (Phi) is 6.58. The first-order valence-electron chi connectivity index (χ1n) is 8.99. The third-order valence-electron chi connectivity index (χ3n) is 4.30. The number of urea groups is 1. The van der Waals surface area contributed by atoms with Crippen LogP contribution in [0.5, 0.6) is 0 Å². The van der Waals surface area contributed by atoms with Crippen molar-refractivity contribution in [3.63, 3.8) is 0 Å². The van der Waals surface area contributed by atoms with Crippen molar-refractivity contribution in [2.75, 3.05) is 20.7 Å². The summed E-state index contributed by atoms with van der Waals surface area (Å²) in [4.78, 5) is 24.6. The summed E-state index contributed by atoms with van der Waals surface area (Å²) in [6.07, 6.45) is -4.60. The van der Waals surface area contributed by atoms with Gasteiger partial charge in [-0.25, -0.2) is 13.5 Å². The van der Waals surface area contributed by atoms with E-state index in [0.717, 1.165) is 28.6 Å². The number of hydrogen-bond acceptors (Lipinski definition) is 4. The van der Waals surface area contributed by atoms with E-state index in [1.807, 2.05) is 0 Å². The number of rotatable bonds is 4. The molecule has 6 nitrogen and oxygen atoms in total. The average molecular weight is 464 g/mol. The first-order valence-corrected chi connectivity index (χ1v) is 9.39. The molecule has 11 heteroatoms. The fourth-order valence-corrected chi connectivity index (χ4v) is 2.84. The summed E-state index contributed by atoms with van der Waals surface area (Å²) in [5.41, 5.74) is 4.84. The summed E-state index contributed by atoms with van der Waals surface area (Å²) < 4.78 is 53.2. The highest BCUT2D eigenvalue weighted by Crippen LogP contribution is 2.33. The predicted molar refractivity (Wildman–Crippen MR) is 117 cm³/mol. The second-order valence-corrected chi connectivity index (χ2v) is 6.92. The number of hydrogen-bond donors (Lipinski definition) is 4. The number of nitrogens with zero attached hydrogens (tertiary/aromatic N) is 1. The van der Waals surface area contributed by atoms with Gasteiger partial charge in [0.15, 0.2) is 0 Å². The van der Waals surface area contributed by atoms with E-state index in [9.17, 15) is 27.2 Å². The van der Waals surface area contributed by atoms with Crippen molar-refractivity contribution in [1.82, 2.24) is 0 Å². The molecule has 3 amide bonds. The van der Waals surface area contributed by atoms with Gasteiger partial charge in [-0.15, -0.1) is 0 Å². The van der Waals surface area contributed by atoms with E-state index in [0.29, 0.717) is 5.69 Å². The summed E-state index contributed by atoms with van der Waals surface area (Å²) in [6, 6.07) is 12.9. The molecule has 0 aromatic heterocycles. The highest BCUT2D eigenvalue weighted by atomic mass is 32.1. The van der Waals surface area contributed by atoms with Crippen LogP contribution in [0.1, 0.15) is 15.9 Å². The Hall–Kier alpha value is -3.73. The molecule has 4 N–H and O–H groups in total. The van der Waals surface area contributed by atoms with Crippen molar-refractivity contribution < 1.29 is 27.2 Å². The first-order chi connectivity index (χ1) is 15.1. The number of alkyl halides is 3. The molecule has 0 aliphatic carbocycles. The van der Waals surface area contributed by atoms with E-state index >= 15 is 0 Å². The Morgan fingerprint density at radius 3 is 2.22 bits per heavy atom. The molecule has 0 aliphatic rings. The molecule has 166 valence electrons. The van der Waals surface area contributed by atoms with E-state index in [1.165, 1.54) is 42.5 Å². The Bertz CT molecular complexity index is 1150. The van der Waals surface area contributed by atoms with Gasteiger partial charge >= 0.3 is 12.2 Å². The van der Waals surface area contributed by atoms with Gasteiger partial charge in [0.2, 0.25) is 0 Å². The van der Waals surface area contributed by atoms with Gasteiger partial charge in [0.1, 0.15) is 5.82 Å². The second kappa shape index (κ2) is 9.18. The van der Waals surface area contributed by atoms with Crippen molar-refractivity contribution in [3.05, 3.63) is 83.7 Å². The van der Waals surface area contributed by atoms with Crippen molar-refractivity contribution >= 4 is 47.5 Å². The van der Waals surface area contributed by atoms with Gasteiger partial charge < -0.3 is 16.4 Å². The van der Waals surface area contributed by atoms with Crippen molar-refractivity contribution in [2.45, 2.75) is 6.18 Å². The lowest BCUT2D eigenvalue weighted by molar-refractivity contribution is -0.137. The average Bonchev–Trinajstić information content (AvgIpc) is 2.74. The first kappa shape index (κ1) is 22.9. The van der Waals surface area contributed by atoms with E-state index in [4.69, 9.17) is 5.73 Å². The number of benzene rings is 3. The van der Waals surface area contributed by atoms with E-state index in [2.05, 4.69) is 23.4 Å². The smallest absolute Gasteiger partial charge is 0.397 e. The maximum absolute atomic E-state index is 13.7. The number of carbonyl (C=O) groups is 2. The molecule has 0 bridgehead atoms. The molecule has 0 heterocycles. The minimum Gasteiger partial charge on any atom is -0.397 e. The molecule has 0 saturated carbocycles. The van der Waals surface area contributed by atoms with Crippen LogP contribution in [-0.2, 0) is 6.18 Å². The van der Waals surface area contributed by atoms with Gasteiger partial charge in [-0.2, -0.15) is 13.2 Å². The highest BCUT2D eigenvalue weighted by molar-refractivity contribution is 7.82. The fourth-order valence-electron chi connectivity index (χ4n) is 2.66. The minimum absolute atomic E-state index is 0.0562. The van der Waals surface area contributed by atoms with Crippen molar-refractivity contribution in [3.8, 4) is 0 Å². The Morgan fingerprint density at radius 1 is 0.938 bits per heavy atom. The van der Waals surface area contributed by atoms with Crippen LogP contribution in [0, 0.1) is 5.82 Å². The van der Waals surface area contributed by atoms with Crippen LogP contribution in [0.25, 0.3) is 0 Å². The Labute approximate surface area is 185 Å². The number of halogens is 4. The molecule has 32 heavy (non-hydrogen) atoms. The zero-order chi connectivity index (χ0) is 23.5. The summed E-state index contributed by atoms with van der Waals surface area (Å²) >= 11 is 4.06. The lowest BCUT2D eigenvalue weighted by Gasteiger charge is -2.18. The number of thiol groups is 1. The summed E-state index contributed by atoms with van der Waals surface area (Å²) in [7, 11) is 0. The predicted octanol–water partition coefficient (Wildman–Crippen LogP) is 5.56. The molecule has 0 fully saturated rings. The van der Waals surface area contributed by atoms with Gasteiger partial charge in [-0.05, 0) is 54.6 Å². The SMILES string of the molecule is Nc1ccc(C(F)(F)F)cc1NC(=O)N(S)c1ccc(NC(=O)c2ccccc2F)cc1. The number of nitrogen functional groups attached to an aromatic ring is 1. The van der Waals surface area contributed by atoms with Gasteiger partial charge in [-0.1, -0.05) is 24.9 Å². The summed E-state index contributed by atoms with van der Waals surface area (Å²) in [5.74, 6) is -1.33. The quantitative estimate of drug-likeness (QED) is 0.232. The zero-order valence-electron chi connectivity index (χ0n) is 16.2. The van der Waals surface area contributed by atoms with Crippen LogP contribution in [0.4, 0.5) is 45.1 Å². The number of carbonyl (C=O) groups excluding carboxylic acids is 2. The van der Waals surface area contributed by atoms with Gasteiger partial charge in [-0.3, -0.25) is 4.79 Å². The molecule has 0 saturated heterocycles. The van der Waals surface area contributed by atoms with Crippen LogP contribution >= 0.6 is 12.8 Å². The third-order valence-corrected chi connectivity index (χ3v) is 4.72. The topological polar surface area (TPSA) is 87.5 Å². The van der Waals surface area contributed by atoms with Gasteiger partial charge in [0.05, 0.1) is 28.2 Å². The molecule has 0 aliphatic heterocycles. The van der Waals surface area contributed by atoms with E-state index in [-0.39, 0.29) is 22.6 Å². The maximum atomic E-state index is 13.7. The van der Waals surface area contributed by atoms with Crippen LogP contribution in [0.3, 0.4) is 0 Å². The largest absolute Gasteiger partial charge is 0.416 e. The Morgan fingerprint density at radius 2 is 1.59 bits per heavy atom. The van der Waals surface area contributed by atoms with Crippen LogP contribution in [-0.4, -0.2) is 11.9 Å². The fraction of sp³-hybridized carbons (Fsp3) is 0.0476. The number of amides is 3. The molecule has 3 rings (SSSR count). The van der Waals surface area contributed by atoms with Gasteiger partial charge in [0, 0.05) is 5.69 Å². The van der Waals surface area contributed by atoms with Crippen LogP contribution in [0.2, 0.25) is 0 Å². The minimum atomic E-state index is -4.60. The maximum Gasteiger partial charge on any atom is 0.416 e. The molecule has 3 aromatic carbocycles. The number of nitrogens with one attached hydrogen (secondary N) is 2. The van der Waals surface area contributed by atoms with E-state index < -0.39 is 29.5 Å². The molecular weight excluding hydrogens is 448 g/mol. The third kappa shape index (κ3) is 5.30. The number of nitrogens with two attached hydrogens (primary N) is 1. The molecule has 3 aromatic rings. The lowest BCUT2D eigenvalue weighted by atomic mass is 10.1. The van der Waals surface area contributed by atoms with E-state index in [1.54, 1.807) is 0 Å². The van der Waals surface area contributed by atoms with Gasteiger partial charge in [0.25, 0.3) is 5.91 Å². The molecule has 0 spiro atoms. The van der Waals surface area contributed by atoms with Crippen LogP contribution < -0.4 is 20.7 Å². The molecule has 0 unspecified atom stereocenters.